The van der Waals surface area contributed by atoms with Crippen molar-refractivity contribution < 1.29 is 19.4 Å². The number of benzene rings is 1. The lowest BCUT2D eigenvalue weighted by atomic mass is 10.1. The summed E-state index contributed by atoms with van der Waals surface area (Å²) in [5.41, 5.74) is 1.40. The van der Waals surface area contributed by atoms with E-state index in [9.17, 15) is 9.59 Å². The highest BCUT2D eigenvalue weighted by Crippen LogP contribution is 2.18. The Kier molecular flexibility index (Phi) is 5.30. The third-order valence-corrected chi connectivity index (χ3v) is 3.00. The molecule has 0 radical (unpaired) electrons. The summed E-state index contributed by atoms with van der Waals surface area (Å²) >= 11 is 3.27. The molecule has 2 N–H and O–H groups in total. The lowest BCUT2D eigenvalue weighted by Crippen LogP contribution is -2.44. The normalized spacial score (nSPS) is 11.8. The predicted octanol–water partition coefficient (Wildman–Crippen LogP) is 1.02. The van der Waals surface area contributed by atoms with Crippen molar-refractivity contribution in [3.63, 3.8) is 0 Å². The Balaban J connectivity index is 2.84. The van der Waals surface area contributed by atoms with Crippen LogP contribution in [0.25, 0.3) is 0 Å². The minimum absolute atomic E-state index is 0.392. The van der Waals surface area contributed by atoms with Crippen LogP contribution in [0.4, 0.5) is 0 Å². The molecule has 98 valence electrons. The van der Waals surface area contributed by atoms with Crippen molar-refractivity contribution in [2.45, 2.75) is 13.0 Å². The van der Waals surface area contributed by atoms with Gasteiger partial charge in [-0.25, -0.2) is 4.79 Å². The average molecular weight is 316 g/mol. The van der Waals surface area contributed by atoms with Crippen LogP contribution in [-0.2, 0) is 9.53 Å². The molecule has 0 spiro atoms. The molecule has 5 nitrogen and oxygen atoms in total. The van der Waals surface area contributed by atoms with Crippen molar-refractivity contribution >= 4 is 27.8 Å². The zero-order valence-electron chi connectivity index (χ0n) is 10.1. The molecule has 0 aliphatic rings. The molecule has 1 aromatic carbocycles. The van der Waals surface area contributed by atoms with Crippen LogP contribution in [0.15, 0.2) is 22.7 Å². The van der Waals surface area contributed by atoms with Gasteiger partial charge in [0.25, 0.3) is 5.91 Å². The first kappa shape index (κ1) is 14.7. The summed E-state index contributed by atoms with van der Waals surface area (Å²) in [6.07, 6.45) is 0. The Morgan fingerprint density at radius 3 is 2.67 bits per heavy atom. The van der Waals surface area contributed by atoms with Crippen molar-refractivity contribution in [2.75, 3.05) is 13.7 Å². The fourth-order valence-electron chi connectivity index (χ4n) is 1.36. The lowest BCUT2D eigenvalue weighted by molar-refractivity contribution is -0.143. The smallest absolute Gasteiger partial charge is 0.330 e. The molecule has 0 fully saturated rings. The Bertz CT molecular complexity index is 461. The maximum absolute atomic E-state index is 11.9. The lowest BCUT2D eigenvalue weighted by Gasteiger charge is -2.14. The molecule has 0 saturated heterocycles. The second-order valence-electron chi connectivity index (χ2n) is 3.72. The van der Waals surface area contributed by atoms with Gasteiger partial charge in [-0.3, -0.25) is 4.79 Å². The SMILES string of the molecule is COC(=O)C(CO)NC(=O)c1ccc(C)cc1Br. The molecule has 0 aliphatic carbocycles. The minimum atomic E-state index is -1.06. The fraction of sp³-hybridized carbons (Fsp3) is 0.333. The number of ether oxygens (including phenoxy) is 1. The van der Waals surface area contributed by atoms with Crippen molar-refractivity contribution in [3.05, 3.63) is 33.8 Å². The zero-order valence-corrected chi connectivity index (χ0v) is 11.7. The molecule has 0 aliphatic heterocycles. The first-order valence-electron chi connectivity index (χ1n) is 5.25. The van der Waals surface area contributed by atoms with E-state index >= 15 is 0 Å². The third kappa shape index (κ3) is 3.54. The first-order valence-corrected chi connectivity index (χ1v) is 6.04. The number of halogens is 1. The molecule has 1 rings (SSSR count). The van der Waals surface area contributed by atoms with E-state index in [0.29, 0.717) is 10.0 Å². The molecule has 0 bridgehead atoms. The number of aryl methyl sites for hydroxylation is 1. The maximum Gasteiger partial charge on any atom is 0.330 e. The summed E-state index contributed by atoms with van der Waals surface area (Å²) in [6.45, 7) is 1.39. The summed E-state index contributed by atoms with van der Waals surface area (Å²) in [6, 6.07) is 4.16. The second kappa shape index (κ2) is 6.51. The highest BCUT2D eigenvalue weighted by atomic mass is 79.9. The van der Waals surface area contributed by atoms with Gasteiger partial charge in [0.15, 0.2) is 6.04 Å². The van der Waals surface area contributed by atoms with Crippen molar-refractivity contribution in [1.29, 1.82) is 0 Å². The highest BCUT2D eigenvalue weighted by Gasteiger charge is 2.22. The minimum Gasteiger partial charge on any atom is -0.467 e. The van der Waals surface area contributed by atoms with Gasteiger partial charge in [-0.15, -0.1) is 0 Å². The van der Waals surface area contributed by atoms with Gasteiger partial charge in [0.1, 0.15) is 0 Å². The molecular weight excluding hydrogens is 302 g/mol. The molecule has 1 amide bonds. The van der Waals surface area contributed by atoms with E-state index in [-0.39, 0.29) is 0 Å². The number of aliphatic hydroxyl groups is 1. The van der Waals surface area contributed by atoms with Gasteiger partial charge < -0.3 is 15.2 Å². The molecule has 0 saturated carbocycles. The molecule has 6 heteroatoms. The third-order valence-electron chi connectivity index (χ3n) is 2.34. The van der Waals surface area contributed by atoms with Crippen molar-refractivity contribution in [1.82, 2.24) is 5.32 Å². The summed E-state index contributed by atoms with van der Waals surface area (Å²) in [7, 11) is 1.19. The number of hydrogen-bond donors (Lipinski definition) is 2. The van der Waals surface area contributed by atoms with E-state index in [0.717, 1.165) is 5.56 Å². The summed E-state index contributed by atoms with van der Waals surface area (Å²) < 4.78 is 5.09. The van der Waals surface area contributed by atoms with Gasteiger partial charge >= 0.3 is 5.97 Å². The number of nitrogens with one attached hydrogen (secondary N) is 1. The fourth-order valence-corrected chi connectivity index (χ4v) is 2.03. The molecule has 1 atom stereocenters. The first-order chi connectivity index (χ1) is 8.49. The Morgan fingerprint density at radius 1 is 1.50 bits per heavy atom. The number of esters is 1. The summed E-state index contributed by atoms with van der Waals surface area (Å²) in [4.78, 5) is 23.1. The molecule has 1 aromatic rings. The van der Waals surface area contributed by atoms with E-state index in [4.69, 9.17) is 5.11 Å². The van der Waals surface area contributed by atoms with Crippen LogP contribution in [-0.4, -0.2) is 36.7 Å². The highest BCUT2D eigenvalue weighted by molar-refractivity contribution is 9.10. The number of rotatable bonds is 4. The summed E-state index contributed by atoms with van der Waals surface area (Å²) in [5.74, 6) is -1.14. The number of amides is 1. The van der Waals surface area contributed by atoms with E-state index in [1.807, 2.05) is 6.92 Å². The van der Waals surface area contributed by atoms with Gasteiger partial charge in [0.2, 0.25) is 0 Å². The Labute approximate surface area is 113 Å². The number of aliphatic hydroxyl groups excluding tert-OH is 1. The monoisotopic (exact) mass is 315 g/mol. The van der Waals surface area contributed by atoms with E-state index in [1.165, 1.54) is 7.11 Å². The molecule has 18 heavy (non-hydrogen) atoms. The van der Waals surface area contributed by atoms with E-state index in [1.54, 1.807) is 18.2 Å². The quantitative estimate of drug-likeness (QED) is 0.813. The maximum atomic E-state index is 11.9. The van der Waals surface area contributed by atoms with Crippen LogP contribution in [0.2, 0.25) is 0 Å². The number of hydrogen-bond acceptors (Lipinski definition) is 4. The Morgan fingerprint density at radius 2 is 2.17 bits per heavy atom. The molecule has 0 aromatic heterocycles. The van der Waals surface area contributed by atoms with Crippen LogP contribution in [0.5, 0.6) is 0 Å². The second-order valence-corrected chi connectivity index (χ2v) is 4.57. The van der Waals surface area contributed by atoms with Crippen molar-refractivity contribution in [3.8, 4) is 0 Å². The molecular formula is C12H14BrNO4. The largest absolute Gasteiger partial charge is 0.467 e. The summed E-state index contributed by atoms with van der Waals surface area (Å²) in [5, 5.41) is 11.4. The number of methoxy groups -OCH3 is 1. The van der Waals surface area contributed by atoms with Gasteiger partial charge in [-0.1, -0.05) is 6.07 Å². The van der Waals surface area contributed by atoms with Crippen LogP contribution >= 0.6 is 15.9 Å². The van der Waals surface area contributed by atoms with Crippen LogP contribution < -0.4 is 5.32 Å². The van der Waals surface area contributed by atoms with Crippen molar-refractivity contribution in [2.24, 2.45) is 0 Å². The number of carbonyl (C=O) groups is 2. The molecule has 1 unspecified atom stereocenters. The molecule has 0 heterocycles. The van der Waals surface area contributed by atoms with Gasteiger partial charge in [0.05, 0.1) is 19.3 Å². The van der Waals surface area contributed by atoms with Crippen LogP contribution in [0.1, 0.15) is 15.9 Å². The van der Waals surface area contributed by atoms with Gasteiger partial charge in [0, 0.05) is 4.47 Å². The van der Waals surface area contributed by atoms with E-state index in [2.05, 4.69) is 26.0 Å². The standard InChI is InChI=1S/C12H14BrNO4/c1-7-3-4-8(9(13)5-7)11(16)14-10(6-15)12(17)18-2/h3-5,10,15H,6H2,1-2H3,(H,14,16). The number of carbonyl (C=O) groups excluding carboxylic acids is 2. The zero-order chi connectivity index (χ0) is 13.7. The predicted molar refractivity (Wildman–Crippen MR) is 69.2 cm³/mol. The topological polar surface area (TPSA) is 75.6 Å². The van der Waals surface area contributed by atoms with Crippen LogP contribution in [0, 0.1) is 6.92 Å². The van der Waals surface area contributed by atoms with Crippen LogP contribution in [0.3, 0.4) is 0 Å². The van der Waals surface area contributed by atoms with Gasteiger partial charge in [-0.2, -0.15) is 0 Å². The van der Waals surface area contributed by atoms with E-state index < -0.39 is 24.5 Å². The average Bonchev–Trinajstić information content (AvgIpc) is 2.34. The van der Waals surface area contributed by atoms with Gasteiger partial charge in [-0.05, 0) is 40.5 Å². The Hall–Kier alpha value is -1.40.